The number of hydrogen-bond acceptors (Lipinski definition) is 6. The van der Waals surface area contributed by atoms with Gasteiger partial charge in [0.1, 0.15) is 28.1 Å². The standard InChI is InChI=1S/C27H28F3N5O2S.C2H6/c1-17(19-5-3-4-6-20(19)27(28,29)30)37-23-14-24(38-25(23)26(31)36)35-16-32-21-8-7-18(13-22(21)35)15-34-11-9-33(2)10-12-34;1-2/h3-8,13-14,16-17H,9-12,15H2,1-2H3,(H2,31,36);1-2H3. The molecule has 5 rings (SSSR count). The molecule has 1 unspecified atom stereocenters. The molecule has 2 N–H and O–H groups in total. The topological polar surface area (TPSA) is 76.6 Å². The number of fused-ring (bicyclic) bond motifs is 1. The fraction of sp³-hybridized carbons (Fsp3) is 0.379. The zero-order valence-electron chi connectivity index (χ0n) is 23.0. The molecule has 214 valence electrons. The van der Waals surface area contributed by atoms with Gasteiger partial charge in [0.05, 0.1) is 16.6 Å². The van der Waals surface area contributed by atoms with Crippen LogP contribution in [0.25, 0.3) is 16.0 Å². The van der Waals surface area contributed by atoms with Crippen LogP contribution in [0.3, 0.4) is 0 Å². The number of benzene rings is 2. The summed E-state index contributed by atoms with van der Waals surface area (Å²) < 4.78 is 48.4. The number of carbonyl (C=O) groups excluding carboxylic acids is 1. The molecule has 1 aliphatic heterocycles. The lowest BCUT2D eigenvalue weighted by Crippen LogP contribution is -2.43. The van der Waals surface area contributed by atoms with Gasteiger partial charge in [0.15, 0.2) is 0 Å². The number of halogens is 3. The third-order valence-electron chi connectivity index (χ3n) is 6.77. The van der Waals surface area contributed by atoms with Gasteiger partial charge < -0.3 is 15.4 Å². The minimum Gasteiger partial charge on any atom is -0.484 e. The van der Waals surface area contributed by atoms with E-state index in [-0.39, 0.29) is 16.2 Å². The summed E-state index contributed by atoms with van der Waals surface area (Å²) in [5.41, 5.74) is 7.61. The van der Waals surface area contributed by atoms with Crippen LogP contribution in [0.2, 0.25) is 0 Å². The Kier molecular flexibility index (Phi) is 9.17. The van der Waals surface area contributed by atoms with Crippen LogP contribution in [0.1, 0.15) is 53.2 Å². The first-order valence-corrected chi connectivity index (χ1v) is 14.1. The van der Waals surface area contributed by atoms with Crippen LogP contribution < -0.4 is 10.5 Å². The van der Waals surface area contributed by atoms with Crippen LogP contribution in [-0.2, 0) is 12.7 Å². The minimum absolute atomic E-state index is 0.0233. The fourth-order valence-corrected chi connectivity index (χ4v) is 5.62. The predicted molar refractivity (Wildman–Crippen MR) is 152 cm³/mol. The van der Waals surface area contributed by atoms with Crippen molar-refractivity contribution in [1.82, 2.24) is 19.4 Å². The number of thiophene rings is 1. The number of likely N-dealkylation sites (N-methyl/N-ethyl adjacent to an activating group) is 1. The number of rotatable bonds is 7. The molecule has 4 aromatic rings. The Morgan fingerprint density at radius 1 is 1.10 bits per heavy atom. The molecule has 1 fully saturated rings. The van der Waals surface area contributed by atoms with Crippen LogP contribution in [-0.4, -0.2) is 58.5 Å². The van der Waals surface area contributed by atoms with E-state index >= 15 is 0 Å². The zero-order valence-corrected chi connectivity index (χ0v) is 23.9. The SMILES string of the molecule is CC.CC(Oc1cc(-n2cnc3ccc(CN4CCN(C)CC4)cc32)sc1C(N)=O)c1ccccc1C(F)(F)F. The Bertz CT molecular complexity index is 1460. The molecule has 2 aromatic heterocycles. The van der Waals surface area contributed by atoms with Gasteiger partial charge in [-0.05, 0) is 37.7 Å². The smallest absolute Gasteiger partial charge is 0.416 e. The Balaban J connectivity index is 0.00000181. The Morgan fingerprint density at radius 3 is 2.48 bits per heavy atom. The molecule has 0 radical (unpaired) electrons. The molecule has 0 saturated carbocycles. The van der Waals surface area contributed by atoms with Crippen molar-refractivity contribution in [3.05, 3.63) is 76.4 Å². The first kappa shape index (κ1) is 29.6. The molecule has 1 saturated heterocycles. The number of aromatic nitrogens is 2. The van der Waals surface area contributed by atoms with Gasteiger partial charge >= 0.3 is 6.18 Å². The van der Waals surface area contributed by atoms with Crippen molar-refractivity contribution in [1.29, 1.82) is 0 Å². The summed E-state index contributed by atoms with van der Waals surface area (Å²) >= 11 is 1.11. The third kappa shape index (κ3) is 6.48. The zero-order chi connectivity index (χ0) is 29.0. The summed E-state index contributed by atoms with van der Waals surface area (Å²) in [5.74, 6) is -0.579. The highest BCUT2D eigenvalue weighted by atomic mass is 32.1. The summed E-state index contributed by atoms with van der Waals surface area (Å²) in [4.78, 5) is 21.6. The molecule has 0 spiro atoms. The average molecular weight is 574 g/mol. The lowest BCUT2D eigenvalue weighted by atomic mass is 10.0. The van der Waals surface area contributed by atoms with Crippen LogP contribution in [0, 0.1) is 0 Å². The fourth-order valence-electron chi connectivity index (χ4n) is 4.70. The van der Waals surface area contributed by atoms with Crippen molar-refractivity contribution in [3.8, 4) is 10.8 Å². The van der Waals surface area contributed by atoms with Crippen molar-refractivity contribution < 1.29 is 22.7 Å². The third-order valence-corrected chi connectivity index (χ3v) is 7.90. The highest BCUT2D eigenvalue weighted by Crippen LogP contribution is 2.39. The largest absolute Gasteiger partial charge is 0.484 e. The highest BCUT2D eigenvalue weighted by Gasteiger charge is 2.35. The van der Waals surface area contributed by atoms with Crippen molar-refractivity contribution in [2.75, 3.05) is 33.2 Å². The Hall–Kier alpha value is -3.41. The van der Waals surface area contributed by atoms with E-state index in [0.717, 1.165) is 66.7 Å². The van der Waals surface area contributed by atoms with Gasteiger partial charge in [0, 0.05) is 44.4 Å². The first-order chi connectivity index (χ1) is 19.1. The molecule has 2 aromatic carbocycles. The van der Waals surface area contributed by atoms with Crippen LogP contribution in [0.4, 0.5) is 13.2 Å². The molecule has 0 bridgehead atoms. The molecule has 1 amide bonds. The summed E-state index contributed by atoms with van der Waals surface area (Å²) in [6.07, 6.45) is -3.84. The number of piperazine rings is 1. The quantitative estimate of drug-likeness (QED) is 0.288. The van der Waals surface area contributed by atoms with Crippen molar-refractivity contribution >= 4 is 28.3 Å². The number of primary amides is 1. The molecule has 11 heteroatoms. The van der Waals surface area contributed by atoms with E-state index in [4.69, 9.17) is 10.5 Å². The number of amides is 1. The number of alkyl halides is 3. The molecule has 0 aliphatic carbocycles. The van der Waals surface area contributed by atoms with Crippen LogP contribution in [0.5, 0.6) is 5.75 Å². The second-order valence-electron chi connectivity index (χ2n) is 9.50. The van der Waals surface area contributed by atoms with Gasteiger partial charge in [-0.2, -0.15) is 13.2 Å². The maximum absolute atomic E-state index is 13.5. The van der Waals surface area contributed by atoms with Gasteiger partial charge in [-0.3, -0.25) is 14.3 Å². The van der Waals surface area contributed by atoms with E-state index in [1.54, 1.807) is 12.4 Å². The predicted octanol–water partition coefficient (Wildman–Crippen LogP) is 6.12. The molecular weight excluding hydrogens is 539 g/mol. The number of nitrogens with zero attached hydrogens (tertiary/aromatic N) is 4. The number of imidazole rings is 1. The summed E-state index contributed by atoms with van der Waals surface area (Å²) in [7, 11) is 2.12. The number of ether oxygens (including phenoxy) is 1. The molecule has 7 nitrogen and oxygen atoms in total. The summed E-state index contributed by atoms with van der Waals surface area (Å²) in [6, 6.07) is 13.0. The van der Waals surface area contributed by atoms with Gasteiger partial charge in [0.25, 0.3) is 5.91 Å². The van der Waals surface area contributed by atoms with Crippen LogP contribution in [0.15, 0.2) is 54.9 Å². The molecule has 40 heavy (non-hydrogen) atoms. The van der Waals surface area contributed by atoms with Gasteiger partial charge in [-0.15, -0.1) is 11.3 Å². The van der Waals surface area contributed by atoms with Gasteiger partial charge in [0.2, 0.25) is 0 Å². The van der Waals surface area contributed by atoms with Crippen molar-refractivity contribution in [2.45, 2.75) is 39.6 Å². The molecule has 3 heterocycles. The van der Waals surface area contributed by atoms with Crippen molar-refractivity contribution in [2.24, 2.45) is 5.73 Å². The van der Waals surface area contributed by atoms with E-state index < -0.39 is 23.8 Å². The molecule has 1 atom stereocenters. The maximum atomic E-state index is 13.5. The van der Waals surface area contributed by atoms with Gasteiger partial charge in [-0.25, -0.2) is 4.98 Å². The summed E-state index contributed by atoms with van der Waals surface area (Å²) in [6.45, 7) is 10.4. The number of carbonyl (C=O) groups is 1. The number of nitrogens with two attached hydrogens (primary N) is 1. The second-order valence-corrected chi connectivity index (χ2v) is 10.5. The first-order valence-electron chi connectivity index (χ1n) is 13.2. The Morgan fingerprint density at radius 2 is 1.80 bits per heavy atom. The Labute approximate surface area is 236 Å². The van der Waals surface area contributed by atoms with E-state index in [1.807, 2.05) is 24.5 Å². The second kappa shape index (κ2) is 12.4. The lowest BCUT2D eigenvalue weighted by molar-refractivity contribution is -0.139. The average Bonchev–Trinajstić information content (AvgIpc) is 3.54. The summed E-state index contributed by atoms with van der Waals surface area (Å²) in [5, 5.41) is 0.629. The van der Waals surface area contributed by atoms with Gasteiger partial charge in [-0.1, -0.05) is 38.1 Å². The molecular formula is C29H34F3N5O2S. The minimum atomic E-state index is -4.53. The van der Waals surface area contributed by atoms with Crippen LogP contribution >= 0.6 is 11.3 Å². The maximum Gasteiger partial charge on any atom is 0.416 e. The highest BCUT2D eigenvalue weighted by molar-refractivity contribution is 7.16. The molecule has 1 aliphatic rings. The van der Waals surface area contributed by atoms with Crippen molar-refractivity contribution in [3.63, 3.8) is 0 Å². The van der Waals surface area contributed by atoms with E-state index in [2.05, 4.69) is 34.0 Å². The van der Waals surface area contributed by atoms with E-state index in [9.17, 15) is 18.0 Å². The lowest BCUT2D eigenvalue weighted by Gasteiger charge is -2.32. The monoisotopic (exact) mass is 573 g/mol. The normalized spacial score (nSPS) is 15.5. The van der Waals surface area contributed by atoms with E-state index in [1.165, 1.54) is 25.1 Å². The number of hydrogen-bond donors (Lipinski definition) is 1. The van der Waals surface area contributed by atoms with E-state index in [0.29, 0.717) is 5.00 Å².